The number of nitrogen functional groups attached to an aromatic ring is 1. The Bertz CT molecular complexity index is 480. The lowest BCUT2D eigenvalue weighted by atomic mass is 10.0. The van der Waals surface area contributed by atoms with Gasteiger partial charge in [0.05, 0.1) is 11.3 Å². The van der Waals surface area contributed by atoms with Crippen molar-refractivity contribution in [2.24, 2.45) is 5.92 Å². The number of halogens is 4. The van der Waals surface area contributed by atoms with Gasteiger partial charge in [-0.3, -0.25) is 4.79 Å². The highest BCUT2D eigenvalue weighted by atomic mass is 79.9. The van der Waals surface area contributed by atoms with Gasteiger partial charge < -0.3 is 5.73 Å². The molecule has 1 fully saturated rings. The van der Waals surface area contributed by atoms with E-state index in [4.69, 9.17) is 5.73 Å². The maximum Gasteiger partial charge on any atom is 0.416 e. The van der Waals surface area contributed by atoms with Crippen molar-refractivity contribution in [1.82, 2.24) is 0 Å². The molecule has 0 unspecified atom stereocenters. The van der Waals surface area contributed by atoms with Crippen LogP contribution in [0.5, 0.6) is 0 Å². The molecule has 0 bridgehead atoms. The summed E-state index contributed by atoms with van der Waals surface area (Å²) in [6.07, 6.45) is -3.02. The van der Waals surface area contributed by atoms with Crippen molar-refractivity contribution in [2.45, 2.75) is 19.0 Å². The number of Topliss-reactive ketones (excluding diaryl/α,β-unsaturated/α-hetero) is 1. The minimum absolute atomic E-state index is 0.0331. The Morgan fingerprint density at radius 3 is 2.41 bits per heavy atom. The number of ketones is 1. The first kappa shape index (κ1) is 12.4. The van der Waals surface area contributed by atoms with Crippen LogP contribution in [0.25, 0.3) is 0 Å². The van der Waals surface area contributed by atoms with E-state index in [0.29, 0.717) is 0 Å². The van der Waals surface area contributed by atoms with Crippen LogP contribution in [-0.4, -0.2) is 5.78 Å². The molecule has 0 heterocycles. The van der Waals surface area contributed by atoms with Crippen LogP contribution in [0.1, 0.15) is 28.8 Å². The molecule has 0 saturated heterocycles. The highest BCUT2D eigenvalue weighted by Gasteiger charge is 2.36. The van der Waals surface area contributed by atoms with Crippen LogP contribution in [-0.2, 0) is 6.18 Å². The monoisotopic (exact) mass is 307 g/mol. The Morgan fingerprint density at radius 1 is 1.35 bits per heavy atom. The minimum Gasteiger partial charge on any atom is -0.397 e. The van der Waals surface area contributed by atoms with Crippen molar-refractivity contribution in [2.75, 3.05) is 5.73 Å². The summed E-state index contributed by atoms with van der Waals surface area (Å²) in [5.41, 5.74) is 4.81. The fourth-order valence-corrected chi connectivity index (χ4v) is 2.01. The summed E-state index contributed by atoms with van der Waals surface area (Å²) >= 11 is 2.95. The lowest BCUT2D eigenvalue weighted by molar-refractivity contribution is -0.137. The predicted octanol–water partition coefficient (Wildman–Crippen LogP) is 3.64. The molecular weight excluding hydrogens is 299 g/mol. The zero-order valence-corrected chi connectivity index (χ0v) is 10.2. The fraction of sp³-hybridized carbons (Fsp3) is 0.364. The summed E-state index contributed by atoms with van der Waals surface area (Å²) in [6.45, 7) is 0. The largest absolute Gasteiger partial charge is 0.416 e. The predicted molar refractivity (Wildman–Crippen MR) is 60.6 cm³/mol. The zero-order valence-electron chi connectivity index (χ0n) is 8.64. The third kappa shape index (κ3) is 2.46. The highest BCUT2D eigenvalue weighted by Crippen LogP contribution is 2.39. The van der Waals surface area contributed by atoms with E-state index in [2.05, 4.69) is 15.9 Å². The average Bonchev–Trinajstić information content (AvgIpc) is 3.02. The molecule has 0 aliphatic heterocycles. The van der Waals surface area contributed by atoms with E-state index in [1.54, 1.807) is 0 Å². The van der Waals surface area contributed by atoms with Gasteiger partial charge in [-0.15, -0.1) is 0 Å². The van der Waals surface area contributed by atoms with Crippen molar-refractivity contribution in [3.05, 3.63) is 27.7 Å². The van der Waals surface area contributed by atoms with E-state index in [0.717, 1.165) is 25.0 Å². The molecule has 0 radical (unpaired) electrons. The molecule has 0 amide bonds. The van der Waals surface area contributed by atoms with Gasteiger partial charge in [-0.2, -0.15) is 13.2 Å². The summed E-state index contributed by atoms with van der Waals surface area (Å²) in [7, 11) is 0. The van der Waals surface area contributed by atoms with Crippen molar-refractivity contribution in [1.29, 1.82) is 0 Å². The van der Waals surface area contributed by atoms with Gasteiger partial charge >= 0.3 is 6.18 Å². The number of benzene rings is 1. The Morgan fingerprint density at radius 2 is 1.94 bits per heavy atom. The van der Waals surface area contributed by atoms with Crippen LogP contribution in [0.3, 0.4) is 0 Å². The summed E-state index contributed by atoms with van der Waals surface area (Å²) < 4.78 is 37.9. The van der Waals surface area contributed by atoms with Crippen molar-refractivity contribution in [3.8, 4) is 0 Å². The van der Waals surface area contributed by atoms with Crippen molar-refractivity contribution >= 4 is 27.4 Å². The third-order valence-corrected chi connectivity index (χ3v) is 3.33. The Balaban J connectivity index is 2.50. The maximum atomic E-state index is 12.6. The lowest BCUT2D eigenvalue weighted by Crippen LogP contribution is -2.11. The van der Waals surface area contributed by atoms with Crippen LogP contribution in [0, 0.1) is 5.92 Å². The molecule has 2 rings (SSSR count). The molecule has 6 heteroatoms. The van der Waals surface area contributed by atoms with E-state index >= 15 is 0 Å². The van der Waals surface area contributed by atoms with Crippen LogP contribution in [0.2, 0.25) is 0 Å². The van der Waals surface area contributed by atoms with E-state index in [-0.39, 0.29) is 27.4 Å². The van der Waals surface area contributed by atoms with Gasteiger partial charge in [0.2, 0.25) is 0 Å². The van der Waals surface area contributed by atoms with Gasteiger partial charge in [0.15, 0.2) is 5.78 Å². The summed E-state index contributed by atoms with van der Waals surface area (Å²) in [5, 5.41) is 0. The average molecular weight is 308 g/mol. The van der Waals surface area contributed by atoms with Gasteiger partial charge in [-0.1, -0.05) is 0 Å². The van der Waals surface area contributed by atoms with Crippen LogP contribution in [0.4, 0.5) is 18.9 Å². The van der Waals surface area contributed by atoms with E-state index < -0.39 is 11.7 Å². The second-order valence-electron chi connectivity index (χ2n) is 4.06. The minimum atomic E-state index is -4.48. The van der Waals surface area contributed by atoms with Crippen LogP contribution in [0.15, 0.2) is 16.6 Å². The smallest absolute Gasteiger partial charge is 0.397 e. The molecule has 1 aliphatic carbocycles. The number of alkyl halides is 3. The molecule has 1 saturated carbocycles. The van der Waals surface area contributed by atoms with Gasteiger partial charge in [0, 0.05) is 16.0 Å². The molecule has 1 aliphatic rings. The second kappa shape index (κ2) is 4.01. The van der Waals surface area contributed by atoms with Gasteiger partial charge in [0.1, 0.15) is 0 Å². The van der Waals surface area contributed by atoms with Crippen LogP contribution < -0.4 is 5.73 Å². The molecule has 0 aromatic heterocycles. The molecule has 0 spiro atoms. The Hall–Kier alpha value is -1.04. The summed E-state index contributed by atoms with van der Waals surface area (Å²) in [6, 6.07) is 1.72. The number of hydrogen-bond donors (Lipinski definition) is 1. The quantitative estimate of drug-likeness (QED) is 0.669. The number of carbonyl (C=O) groups is 1. The second-order valence-corrected chi connectivity index (χ2v) is 4.91. The highest BCUT2D eigenvalue weighted by molar-refractivity contribution is 9.10. The number of hydrogen-bond acceptors (Lipinski definition) is 2. The molecular formula is C11H9BrF3NO. The molecule has 17 heavy (non-hydrogen) atoms. The van der Waals surface area contributed by atoms with Crippen LogP contribution >= 0.6 is 15.9 Å². The number of rotatable bonds is 2. The first-order valence-corrected chi connectivity index (χ1v) is 5.80. The maximum absolute atomic E-state index is 12.6. The molecule has 2 nitrogen and oxygen atoms in total. The standard InChI is InChI=1S/C11H9BrF3NO/c12-8-4-6(11(13,14)15)3-7(9(8)16)10(17)5-1-2-5/h3-5H,1-2,16H2. The fourth-order valence-electron chi connectivity index (χ4n) is 1.55. The molecule has 0 atom stereocenters. The first-order valence-electron chi connectivity index (χ1n) is 5.01. The van der Waals surface area contributed by atoms with E-state index in [1.165, 1.54) is 0 Å². The van der Waals surface area contributed by atoms with Gasteiger partial charge in [0.25, 0.3) is 0 Å². The number of nitrogens with two attached hydrogens (primary N) is 1. The van der Waals surface area contributed by atoms with Crippen molar-refractivity contribution in [3.63, 3.8) is 0 Å². The van der Waals surface area contributed by atoms with Crippen molar-refractivity contribution < 1.29 is 18.0 Å². The molecule has 1 aromatic carbocycles. The Kier molecular flexibility index (Phi) is 2.93. The normalized spacial score (nSPS) is 16.0. The summed E-state index contributed by atoms with van der Waals surface area (Å²) in [5.74, 6) is -0.456. The summed E-state index contributed by atoms with van der Waals surface area (Å²) in [4.78, 5) is 11.8. The van der Waals surface area contributed by atoms with Gasteiger partial charge in [-0.25, -0.2) is 0 Å². The van der Waals surface area contributed by atoms with E-state index in [9.17, 15) is 18.0 Å². The number of anilines is 1. The van der Waals surface area contributed by atoms with E-state index in [1.807, 2.05) is 0 Å². The number of carbonyl (C=O) groups excluding carboxylic acids is 1. The topological polar surface area (TPSA) is 43.1 Å². The zero-order chi connectivity index (χ0) is 12.8. The Labute approximate surface area is 104 Å². The van der Waals surface area contributed by atoms with Gasteiger partial charge in [-0.05, 0) is 40.9 Å². The first-order chi connectivity index (χ1) is 7.80. The SMILES string of the molecule is Nc1c(Br)cc(C(F)(F)F)cc1C(=O)C1CC1. The lowest BCUT2D eigenvalue weighted by Gasteiger charge is -2.12. The molecule has 2 N–H and O–H groups in total. The molecule has 1 aromatic rings. The molecule has 92 valence electrons. The third-order valence-electron chi connectivity index (χ3n) is 2.67.